The molecule has 4 atom stereocenters. The molecule has 3 aliphatic carbocycles. The Kier molecular flexibility index (Phi) is 9.14. The molecule has 1 saturated heterocycles. The number of nitrogens with zero attached hydrogens (tertiary/aromatic N) is 1. The second-order valence-corrected chi connectivity index (χ2v) is 14.5. The first-order valence-corrected chi connectivity index (χ1v) is 17.9. The predicted octanol–water partition coefficient (Wildman–Crippen LogP) is 7.75. The Morgan fingerprint density at radius 2 is 1.57 bits per heavy atom. The number of hydrogen-bond acceptors (Lipinski definition) is 8. The highest BCUT2D eigenvalue weighted by molar-refractivity contribution is 9.13. The minimum absolute atomic E-state index is 0.122. The van der Waals surface area contributed by atoms with Crippen LogP contribution in [0.5, 0.6) is 23.0 Å². The highest BCUT2D eigenvalue weighted by atomic mass is 79.9. The minimum Gasteiger partial charge on any atom is -0.503 e. The summed E-state index contributed by atoms with van der Waals surface area (Å²) in [6, 6.07) is 14.4. The zero-order chi connectivity index (χ0) is 36.3. The monoisotopic (exact) mass is 813 g/mol. The van der Waals surface area contributed by atoms with Crippen LogP contribution in [0.3, 0.4) is 0 Å². The second-order valence-electron chi connectivity index (χ2n) is 12.9. The Balaban J connectivity index is 1.24. The number of anilines is 1. The van der Waals surface area contributed by atoms with E-state index in [1.54, 1.807) is 39.3 Å². The molecule has 0 aromatic heterocycles. The number of Topliss-reactive ketones (excluding diaryl/α,β-unsaturated/α-hetero) is 1. The van der Waals surface area contributed by atoms with Crippen molar-refractivity contribution in [1.29, 1.82) is 0 Å². The number of allylic oxidation sites excluding steroid dienone is 6. The fraction of sp³-hybridized carbons (Fsp3) is 0.250. The number of phenols is 1. The molecule has 1 fully saturated rings. The maximum atomic E-state index is 14.4. The molecule has 0 spiro atoms. The number of aromatic hydroxyl groups is 1. The third kappa shape index (κ3) is 5.67. The highest BCUT2D eigenvalue weighted by Gasteiger charge is 2.57. The van der Waals surface area contributed by atoms with Crippen molar-refractivity contribution in [2.75, 3.05) is 26.2 Å². The molecular formula is C40H33Br2NO8. The third-order valence-electron chi connectivity index (χ3n) is 10.3. The van der Waals surface area contributed by atoms with Crippen molar-refractivity contribution in [2.24, 2.45) is 17.8 Å². The number of carbonyl (C=O) groups excluding carboxylic acids is 4. The van der Waals surface area contributed by atoms with Gasteiger partial charge in [0.25, 0.3) is 0 Å². The molecule has 0 saturated carbocycles. The topological polar surface area (TPSA) is 119 Å². The van der Waals surface area contributed by atoms with Crippen LogP contribution in [0.2, 0.25) is 0 Å². The molecule has 3 aromatic rings. The summed E-state index contributed by atoms with van der Waals surface area (Å²) in [6.07, 6.45) is 7.58. The highest BCUT2D eigenvalue weighted by Crippen LogP contribution is 2.58. The lowest BCUT2D eigenvalue weighted by Crippen LogP contribution is -2.40. The van der Waals surface area contributed by atoms with Gasteiger partial charge in [0.1, 0.15) is 11.5 Å². The van der Waals surface area contributed by atoms with Gasteiger partial charge in [-0.2, -0.15) is 0 Å². The average molecular weight is 816 g/mol. The molecule has 51 heavy (non-hydrogen) atoms. The quantitative estimate of drug-likeness (QED) is 0.111. The standard InChI is InChI=1S/C40H33Br2NO8/c1-19-15-29(44)27-17-26-24(32(34(27)37(19)45)28-18-31(51-4)38(46)36(42)35(28)41)12-13-25-33(26)40(48)43(39(25)47)22-9-6-20(7-10-22)5-8-21-16-23(49-2)11-14-30(21)50-3/h5-12,14-16,18,25-26,32-33,46H,13,17H2,1-4H3. The van der Waals surface area contributed by atoms with Crippen LogP contribution >= 0.6 is 31.9 Å². The van der Waals surface area contributed by atoms with Crippen LogP contribution < -0.4 is 19.1 Å². The lowest BCUT2D eigenvalue weighted by atomic mass is 9.59. The van der Waals surface area contributed by atoms with Gasteiger partial charge in [0, 0.05) is 32.7 Å². The van der Waals surface area contributed by atoms with Gasteiger partial charge in [-0.25, -0.2) is 0 Å². The SMILES string of the molecule is COc1ccc(OC)c(C=Cc2ccc(N3C(=O)C4CC=C5C(c6cc(OC)c(O)c(Br)c6Br)C6=C(CC5C4C3=O)C(=O)C=C(C)C6=O)cc2)c1. The zero-order valence-corrected chi connectivity index (χ0v) is 31.3. The van der Waals surface area contributed by atoms with E-state index in [1.807, 2.05) is 48.6 Å². The molecule has 4 unspecified atom stereocenters. The molecule has 0 bridgehead atoms. The van der Waals surface area contributed by atoms with Crippen molar-refractivity contribution in [3.63, 3.8) is 0 Å². The summed E-state index contributed by atoms with van der Waals surface area (Å²) >= 11 is 7.05. The van der Waals surface area contributed by atoms with E-state index in [9.17, 15) is 24.3 Å². The second kappa shape index (κ2) is 13.4. The van der Waals surface area contributed by atoms with Gasteiger partial charge in [-0.05, 0) is 111 Å². The van der Waals surface area contributed by atoms with Crippen LogP contribution in [0.25, 0.3) is 12.2 Å². The number of ketones is 2. The summed E-state index contributed by atoms with van der Waals surface area (Å²) in [5, 5.41) is 10.7. The number of imide groups is 1. The number of rotatable bonds is 7. The van der Waals surface area contributed by atoms with E-state index in [0.29, 0.717) is 54.8 Å². The third-order valence-corrected chi connectivity index (χ3v) is 12.5. The van der Waals surface area contributed by atoms with Crippen molar-refractivity contribution in [3.8, 4) is 23.0 Å². The largest absolute Gasteiger partial charge is 0.503 e. The van der Waals surface area contributed by atoms with E-state index in [1.165, 1.54) is 18.1 Å². The number of amides is 2. The number of ether oxygens (including phenoxy) is 3. The molecule has 2 amide bonds. The molecule has 7 rings (SSSR count). The van der Waals surface area contributed by atoms with E-state index in [4.69, 9.17) is 14.2 Å². The number of hydrogen-bond donors (Lipinski definition) is 1. The molecular weight excluding hydrogens is 782 g/mol. The normalized spacial score (nSPS) is 22.8. The Bertz CT molecular complexity index is 2160. The van der Waals surface area contributed by atoms with Crippen molar-refractivity contribution < 1.29 is 38.5 Å². The number of fused-ring (bicyclic) bond motifs is 3. The first-order chi connectivity index (χ1) is 24.5. The van der Waals surface area contributed by atoms with Crippen LogP contribution in [0.15, 0.2) is 91.9 Å². The maximum Gasteiger partial charge on any atom is 0.238 e. The van der Waals surface area contributed by atoms with Gasteiger partial charge in [0.2, 0.25) is 11.8 Å². The summed E-state index contributed by atoms with van der Waals surface area (Å²) < 4.78 is 17.1. The number of carbonyl (C=O) groups is 4. The van der Waals surface area contributed by atoms with E-state index >= 15 is 0 Å². The number of benzene rings is 3. The molecule has 0 radical (unpaired) electrons. The summed E-state index contributed by atoms with van der Waals surface area (Å²) in [6.45, 7) is 1.62. The van der Waals surface area contributed by atoms with Gasteiger partial charge in [0.05, 0.1) is 43.3 Å². The van der Waals surface area contributed by atoms with Crippen molar-refractivity contribution >= 4 is 73.1 Å². The van der Waals surface area contributed by atoms with Gasteiger partial charge in [-0.3, -0.25) is 24.1 Å². The molecule has 4 aliphatic rings. The average Bonchev–Trinajstić information content (AvgIpc) is 3.40. The van der Waals surface area contributed by atoms with Gasteiger partial charge >= 0.3 is 0 Å². The van der Waals surface area contributed by atoms with E-state index in [-0.39, 0.29) is 41.3 Å². The van der Waals surface area contributed by atoms with Crippen LogP contribution in [0.4, 0.5) is 5.69 Å². The molecule has 1 N–H and O–H groups in total. The Morgan fingerprint density at radius 1 is 0.843 bits per heavy atom. The van der Waals surface area contributed by atoms with Crippen molar-refractivity contribution in [3.05, 3.63) is 109 Å². The van der Waals surface area contributed by atoms with E-state index < -0.39 is 23.7 Å². The van der Waals surface area contributed by atoms with E-state index in [0.717, 1.165) is 16.7 Å². The van der Waals surface area contributed by atoms with Crippen LogP contribution in [0, 0.1) is 17.8 Å². The summed E-state index contributed by atoms with van der Waals surface area (Å²) in [5.41, 5.74) is 4.56. The van der Waals surface area contributed by atoms with Gasteiger partial charge in [-0.1, -0.05) is 35.9 Å². The van der Waals surface area contributed by atoms with Gasteiger partial charge < -0.3 is 19.3 Å². The van der Waals surface area contributed by atoms with Crippen LogP contribution in [-0.2, 0) is 19.2 Å². The van der Waals surface area contributed by atoms with E-state index in [2.05, 4.69) is 31.9 Å². The Morgan fingerprint density at radius 3 is 2.25 bits per heavy atom. The molecule has 260 valence electrons. The molecule has 1 heterocycles. The molecule has 9 nitrogen and oxygen atoms in total. The Labute approximate surface area is 311 Å². The predicted molar refractivity (Wildman–Crippen MR) is 199 cm³/mol. The number of methoxy groups -OCH3 is 3. The smallest absolute Gasteiger partial charge is 0.238 e. The lowest BCUT2D eigenvalue weighted by Gasteiger charge is -2.42. The first-order valence-electron chi connectivity index (χ1n) is 16.3. The van der Waals surface area contributed by atoms with Crippen LogP contribution in [-0.4, -0.2) is 49.8 Å². The summed E-state index contributed by atoms with van der Waals surface area (Å²) in [7, 11) is 4.63. The maximum absolute atomic E-state index is 14.4. The summed E-state index contributed by atoms with van der Waals surface area (Å²) in [4.78, 5) is 57.0. The van der Waals surface area contributed by atoms with Crippen molar-refractivity contribution in [2.45, 2.75) is 25.7 Å². The zero-order valence-electron chi connectivity index (χ0n) is 28.2. The minimum atomic E-state index is -0.731. The first kappa shape index (κ1) is 34.7. The lowest BCUT2D eigenvalue weighted by molar-refractivity contribution is -0.123. The van der Waals surface area contributed by atoms with Crippen molar-refractivity contribution in [1.82, 2.24) is 0 Å². The fourth-order valence-corrected chi connectivity index (χ4v) is 8.79. The molecule has 11 heteroatoms. The van der Waals surface area contributed by atoms with Gasteiger partial charge in [-0.15, -0.1) is 0 Å². The fourth-order valence-electron chi connectivity index (χ4n) is 7.84. The molecule has 3 aromatic carbocycles. The number of phenolic OH excluding ortho intramolecular Hbond substituents is 1. The Hall–Kier alpha value is -4.74. The van der Waals surface area contributed by atoms with Gasteiger partial charge in [0.15, 0.2) is 23.1 Å². The summed E-state index contributed by atoms with van der Waals surface area (Å²) in [5.74, 6) is -2.29. The number of halogens is 2. The molecule has 1 aliphatic heterocycles. The van der Waals surface area contributed by atoms with Crippen LogP contribution in [0.1, 0.15) is 42.4 Å².